The van der Waals surface area contributed by atoms with E-state index in [0.29, 0.717) is 28.2 Å². The van der Waals surface area contributed by atoms with Gasteiger partial charge in [0.25, 0.3) is 5.91 Å². The summed E-state index contributed by atoms with van der Waals surface area (Å²) in [5.41, 5.74) is 4.43. The maximum atomic E-state index is 12.4. The lowest BCUT2D eigenvalue weighted by Crippen LogP contribution is -2.20. The fourth-order valence-electron chi connectivity index (χ4n) is 3.32. The van der Waals surface area contributed by atoms with Crippen LogP contribution in [0.3, 0.4) is 0 Å². The van der Waals surface area contributed by atoms with Crippen LogP contribution in [0.4, 0.5) is 5.69 Å². The van der Waals surface area contributed by atoms with Crippen LogP contribution < -0.4 is 10.1 Å². The van der Waals surface area contributed by atoms with E-state index in [1.54, 1.807) is 12.1 Å². The number of carbonyl (C=O) groups excluding carboxylic acids is 1. The van der Waals surface area contributed by atoms with E-state index in [9.17, 15) is 4.79 Å². The highest BCUT2D eigenvalue weighted by Gasteiger charge is 2.11. The Morgan fingerprint density at radius 3 is 2.65 bits per heavy atom. The van der Waals surface area contributed by atoms with Gasteiger partial charge >= 0.3 is 0 Å². The Morgan fingerprint density at radius 2 is 1.90 bits per heavy atom. The quantitative estimate of drug-likeness (QED) is 0.353. The normalized spacial score (nSPS) is 12.0. The van der Waals surface area contributed by atoms with E-state index < -0.39 is 0 Å². The standard InChI is InChI=1S/C25H24ClN3O2/c1-3-16(2)17-8-11-19(12-9-17)31-15-24(30)27-23-14-18(10-13-20(23)26)25-28-21-6-4-5-7-22(21)29-25/h4-14,16H,3,15H2,1-2H3,(H,27,30)(H,28,29). The number of rotatable bonds is 7. The number of imidazole rings is 1. The van der Waals surface area contributed by atoms with E-state index in [2.05, 4.69) is 29.1 Å². The first-order valence-corrected chi connectivity index (χ1v) is 10.7. The summed E-state index contributed by atoms with van der Waals surface area (Å²) in [7, 11) is 0. The van der Waals surface area contributed by atoms with E-state index in [1.165, 1.54) is 5.56 Å². The van der Waals surface area contributed by atoms with Gasteiger partial charge in [-0.05, 0) is 60.4 Å². The van der Waals surface area contributed by atoms with Crippen molar-refractivity contribution in [2.75, 3.05) is 11.9 Å². The van der Waals surface area contributed by atoms with Gasteiger partial charge in [-0.2, -0.15) is 0 Å². The third kappa shape index (κ3) is 4.89. The van der Waals surface area contributed by atoms with Gasteiger partial charge in [-0.25, -0.2) is 4.98 Å². The Hall–Kier alpha value is -3.31. The van der Waals surface area contributed by atoms with Gasteiger partial charge < -0.3 is 15.0 Å². The number of benzene rings is 3. The molecule has 1 heterocycles. The molecule has 1 unspecified atom stereocenters. The molecule has 1 aromatic heterocycles. The number of aromatic nitrogens is 2. The van der Waals surface area contributed by atoms with Crippen LogP contribution in [0.2, 0.25) is 5.02 Å². The van der Waals surface area contributed by atoms with Crippen LogP contribution in [-0.4, -0.2) is 22.5 Å². The maximum Gasteiger partial charge on any atom is 0.262 e. The third-order valence-corrected chi connectivity index (χ3v) is 5.66. The number of carbonyl (C=O) groups is 1. The topological polar surface area (TPSA) is 67.0 Å². The lowest BCUT2D eigenvalue weighted by atomic mass is 9.99. The molecule has 2 N–H and O–H groups in total. The van der Waals surface area contributed by atoms with Crippen LogP contribution in [0.25, 0.3) is 22.4 Å². The number of H-pyrrole nitrogens is 1. The van der Waals surface area contributed by atoms with Crippen LogP contribution >= 0.6 is 11.6 Å². The number of amides is 1. The van der Waals surface area contributed by atoms with Gasteiger partial charge in [-0.1, -0.05) is 49.7 Å². The van der Waals surface area contributed by atoms with Crippen LogP contribution in [0.15, 0.2) is 66.7 Å². The first-order valence-electron chi connectivity index (χ1n) is 10.3. The molecule has 5 nitrogen and oxygen atoms in total. The van der Waals surface area contributed by atoms with Gasteiger partial charge in [0.15, 0.2) is 6.61 Å². The van der Waals surface area contributed by atoms with Crippen molar-refractivity contribution in [3.8, 4) is 17.1 Å². The molecule has 0 radical (unpaired) electrons. The number of hydrogen-bond acceptors (Lipinski definition) is 3. The Morgan fingerprint density at radius 1 is 1.13 bits per heavy atom. The van der Waals surface area contributed by atoms with Gasteiger partial charge in [0.05, 0.1) is 21.7 Å². The molecule has 1 atom stereocenters. The molecule has 0 aliphatic rings. The molecule has 0 saturated carbocycles. The first kappa shape index (κ1) is 20.9. The average molecular weight is 434 g/mol. The van der Waals surface area contributed by atoms with E-state index in [-0.39, 0.29) is 12.5 Å². The molecule has 6 heteroatoms. The highest BCUT2D eigenvalue weighted by molar-refractivity contribution is 6.33. The van der Waals surface area contributed by atoms with Crippen molar-refractivity contribution in [1.82, 2.24) is 9.97 Å². The summed E-state index contributed by atoms with van der Waals surface area (Å²) in [5.74, 6) is 1.59. The van der Waals surface area contributed by atoms with Gasteiger partial charge in [0.1, 0.15) is 11.6 Å². The van der Waals surface area contributed by atoms with Crippen molar-refractivity contribution >= 4 is 34.2 Å². The van der Waals surface area contributed by atoms with Crippen LogP contribution in [0, 0.1) is 0 Å². The van der Waals surface area contributed by atoms with Crippen LogP contribution in [0.5, 0.6) is 5.75 Å². The Balaban J connectivity index is 1.42. The molecule has 0 fully saturated rings. The largest absolute Gasteiger partial charge is 0.484 e. The fourth-order valence-corrected chi connectivity index (χ4v) is 3.49. The van der Waals surface area contributed by atoms with Crippen molar-refractivity contribution in [1.29, 1.82) is 0 Å². The van der Waals surface area contributed by atoms with Crippen LogP contribution in [-0.2, 0) is 4.79 Å². The smallest absolute Gasteiger partial charge is 0.262 e. The number of nitrogens with one attached hydrogen (secondary N) is 2. The van der Waals surface area contributed by atoms with Gasteiger partial charge in [0.2, 0.25) is 0 Å². The third-order valence-electron chi connectivity index (χ3n) is 5.33. The number of nitrogens with zero attached hydrogens (tertiary/aromatic N) is 1. The maximum absolute atomic E-state index is 12.4. The molecule has 158 valence electrons. The SMILES string of the molecule is CCC(C)c1ccc(OCC(=O)Nc2cc(-c3nc4ccccc4[nH]3)ccc2Cl)cc1. The molecule has 4 rings (SSSR count). The second-order valence-corrected chi connectivity index (χ2v) is 7.92. The van der Waals surface area contributed by atoms with Crippen molar-refractivity contribution in [2.24, 2.45) is 0 Å². The van der Waals surface area contributed by atoms with Crippen molar-refractivity contribution < 1.29 is 9.53 Å². The summed E-state index contributed by atoms with van der Waals surface area (Å²) in [6.45, 7) is 4.24. The predicted octanol–water partition coefficient (Wildman–Crippen LogP) is 6.41. The molecule has 1 amide bonds. The minimum Gasteiger partial charge on any atom is -0.484 e. The zero-order valence-corrected chi connectivity index (χ0v) is 18.2. The zero-order chi connectivity index (χ0) is 21.8. The highest BCUT2D eigenvalue weighted by Crippen LogP contribution is 2.29. The van der Waals surface area contributed by atoms with Gasteiger partial charge in [0, 0.05) is 5.56 Å². The van der Waals surface area contributed by atoms with E-state index in [4.69, 9.17) is 16.3 Å². The number of aromatic amines is 1. The number of fused-ring (bicyclic) bond motifs is 1. The average Bonchev–Trinajstić information content (AvgIpc) is 3.23. The summed E-state index contributed by atoms with van der Waals surface area (Å²) in [5, 5.41) is 3.28. The van der Waals surface area contributed by atoms with E-state index in [1.807, 2.05) is 54.6 Å². The molecule has 0 saturated heterocycles. The number of para-hydroxylation sites is 2. The molecule has 3 aromatic carbocycles. The molecular formula is C25H24ClN3O2. The number of anilines is 1. The Labute approximate surface area is 186 Å². The molecule has 31 heavy (non-hydrogen) atoms. The van der Waals surface area contributed by atoms with Crippen molar-refractivity contribution in [2.45, 2.75) is 26.2 Å². The molecule has 0 aliphatic heterocycles. The minimum atomic E-state index is -0.283. The minimum absolute atomic E-state index is 0.103. The molecule has 0 bridgehead atoms. The molecule has 0 spiro atoms. The summed E-state index contributed by atoms with van der Waals surface area (Å²) in [6, 6.07) is 21.1. The van der Waals surface area contributed by atoms with Gasteiger partial charge in [-0.3, -0.25) is 4.79 Å². The summed E-state index contributed by atoms with van der Waals surface area (Å²) < 4.78 is 5.63. The zero-order valence-electron chi connectivity index (χ0n) is 17.5. The number of ether oxygens (including phenoxy) is 1. The second kappa shape index (κ2) is 9.23. The summed E-state index contributed by atoms with van der Waals surface area (Å²) in [6.07, 6.45) is 1.08. The molecule has 4 aromatic rings. The summed E-state index contributed by atoms with van der Waals surface area (Å²) >= 11 is 6.30. The van der Waals surface area contributed by atoms with Gasteiger partial charge in [-0.15, -0.1) is 0 Å². The Bertz CT molecular complexity index is 1170. The highest BCUT2D eigenvalue weighted by atomic mass is 35.5. The van der Waals surface area contributed by atoms with E-state index >= 15 is 0 Å². The van der Waals surface area contributed by atoms with Crippen molar-refractivity contribution in [3.05, 3.63) is 77.3 Å². The monoisotopic (exact) mass is 433 g/mol. The number of halogens is 1. The fraction of sp³-hybridized carbons (Fsp3) is 0.200. The molecule has 0 aliphatic carbocycles. The van der Waals surface area contributed by atoms with Crippen molar-refractivity contribution in [3.63, 3.8) is 0 Å². The Kier molecular flexibility index (Phi) is 6.23. The number of hydrogen-bond donors (Lipinski definition) is 2. The summed E-state index contributed by atoms with van der Waals surface area (Å²) in [4.78, 5) is 20.3. The van der Waals surface area contributed by atoms with E-state index in [0.717, 1.165) is 23.0 Å². The lowest BCUT2D eigenvalue weighted by molar-refractivity contribution is -0.118. The molecular weight excluding hydrogens is 410 g/mol. The first-order chi connectivity index (χ1) is 15.0. The second-order valence-electron chi connectivity index (χ2n) is 7.51. The predicted molar refractivity (Wildman–Crippen MR) is 126 cm³/mol. The lowest BCUT2D eigenvalue weighted by Gasteiger charge is -2.12. The van der Waals surface area contributed by atoms with Crippen LogP contribution in [0.1, 0.15) is 31.7 Å².